The van der Waals surface area contributed by atoms with Crippen LogP contribution in [0, 0.1) is 5.92 Å². The average molecular weight is 1690 g/mol. The number of benzene rings is 3. The molecule has 0 bridgehead atoms. The predicted octanol–water partition coefficient (Wildman–Crippen LogP) is -4.54. The van der Waals surface area contributed by atoms with E-state index in [9.17, 15) is 121 Å². The molecule has 0 spiro atoms. The van der Waals surface area contributed by atoms with Crippen molar-refractivity contribution in [3.8, 4) is 0 Å². The van der Waals surface area contributed by atoms with E-state index in [4.69, 9.17) is 21.9 Å². The molecule has 656 valence electrons. The lowest BCUT2D eigenvalue weighted by molar-refractivity contribution is -0.156. The number of nitrogen functional groups attached to an aromatic ring is 1. The van der Waals surface area contributed by atoms with Gasteiger partial charge in [0.25, 0.3) is 0 Å². The third-order valence-corrected chi connectivity index (χ3v) is 18.9. The summed E-state index contributed by atoms with van der Waals surface area (Å²) in [6, 6.07) is -3.32. The summed E-state index contributed by atoms with van der Waals surface area (Å²) in [6.45, 7) is 2.78. The van der Waals surface area contributed by atoms with Gasteiger partial charge in [-0.2, -0.15) is 0 Å². The number of unbranched alkanes of at least 4 members (excludes halogenated alkanes) is 3. The van der Waals surface area contributed by atoms with Crippen LogP contribution in [0.1, 0.15) is 139 Å². The maximum Gasteiger partial charge on any atom is 0.329 e. The Bertz CT molecular complexity index is 4510. The number of cyclic esters (lactones) is 1. The van der Waals surface area contributed by atoms with E-state index >= 15 is 0 Å². The number of nitrogens with two attached hydrogens (primary N) is 3. The zero-order valence-corrected chi connectivity index (χ0v) is 66.9. The molecule has 43 heteroatoms. The first-order chi connectivity index (χ1) is 57.2. The SMILES string of the molecule is CCCCCCc1ccc(C(C)=CC(=O)N[C@@H](Cc2c[nH]c3ccccc23)C(=O)N[C@H](CC(N)=O)C(=O)N[C@@H](CC(=O)O)C(=O)N[C@@H]2C(=O)NCC(=O)N[C@@H](CCCN)C(=O)N[C@@H](CC(=O)O)C(=O)N[C@H](C)C(=O)N[C@@H](CC(=O)O)C(=O)NCC(=O)N[C@H](CO)C(=O)N[C@@H]([C@H](C)CC(=O)O)C(=O)N[C@@H](CC(=O)c3ccccc3N)C(=O)O[C@@H]2C)cc1. The molecule has 1 aliphatic heterocycles. The quantitative estimate of drug-likeness (QED) is 0.00689. The average Bonchev–Trinajstić information content (AvgIpc) is 1.81. The monoisotopic (exact) mass is 1690 g/mol. The molecule has 0 aliphatic carbocycles. The van der Waals surface area contributed by atoms with E-state index in [1.165, 1.54) is 30.3 Å². The zero-order chi connectivity index (χ0) is 89.9. The minimum Gasteiger partial charge on any atom is -0.481 e. The van der Waals surface area contributed by atoms with Crippen molar-refractivity contribution in [2.45, 2.75) is 197 Å². The molecular formula is C78H103N17O26. The van der Waals surface area contributed by atoms with Gasteiger partial charge in [0.15, 0.2) is 5.78 Å². The highest BCUT2D eigenvalue weighted by molar-refractivity contribution is 6.06. The number of amides is 14. The standard InChI is InChI=1S/C78H103N17O26/c1-6-7-8-9-15-42-21-23-43(24-22-42)38(2)26-59(99)87-50(28-44-34-82-48-19-13-11-16-45(44)48)72(114)90-51(30-58(81)98)73(115)92-54(33-65(108)109)74(116)95-67-41(5)121-78(120)55(29-57(97)46-17-10-12-18-47(46)80)93-77(119)66(39(3)27-62(102)103)94-75(117)56(37-96)88-61(101)35-83-69(111)52(31-63(104)105)89-68(110)40(4)85-71(113)53(32-64(106)107)91-70(112)49(20-14-25-79)86-60(100)36-84-76(67)118/h10-13,16-19,21-24,26,34,39-41,49-56,66-67,82,96H,6-9,14-15,20,25,27-33,35-37,79-80H2,1-5H3,(H2,81,98)(H,83,111)(H,84,118)(H,85,113)(H,86,100)(H,87,99)(H,88,101)(H,89,110)(H,90,114)(H,91,112)(H,92,115)(H,93,119)(H,94,117)(H,95,116)(H,102,103)(H,104,105)(H,106,107)(H,108,109)/t39-,40-,41-,49+,50+,51-,52+,53+,54+,55+,56-,66+,67+/m1/s1. The van der Waals surface area contributed by atoms with E-state index in [0.29, 0.717) is 27.6 Å². The van der Waals surface area contributed by atoms with Crippen molar-refractivity contribution in [2.75, 3.05) is 32.0 Å². The van der Waals surface area contributed by atoms with Gasteiger partial charge >= 0.3 is 29.8 Å². The van der Waals surface area contributed by atoms with E-state index in [1.54, 1.807) is 37.4 Å². The Hall–Kier alpha value is -13.7. The van der Waals surface area contributed by atoms with Crippen molar-refractivity contribution in [1.82, 2.24) is 74.1 Å². The Morgan fingerprint density at radius 2 is 1.13 bits per heavy atom. The number of allylic oxidation sites excluding steroid dienone is 1. The number of anilines is 1. The zero-order valence-electron chi connectivity index (χ0n) is 66.9. The predicted molar refractivity (Wildman–Crippen MR) is 426 cm³/mol. The number of esters is 1. The second-order valence-electron chi connectivity index (χ2n) is 28.7. The summed E-state index contributed by atoms with van der Waals surface area (Å²) in [7, 11) is 0. The van der Waals surface area contributed by atoms with Crippen LogP contribution in [-0.2, 0) is 109 Å². The van der Waals surface area contributed by atoms with Gasteiger partial charge < -0.3 is 122 Å². The number of aliphatic carboxylic acids is 4. The molecule has 121 heavy (non-hydrogen) atoms. The fourth-order valence-electron chi connectivity index (χ4n) is 12.4. The minimum atomic E-state index is -2.47. The number of hydrogen-bond acceptors (Lipinski definition) is 24. The number of ketones is 1. The van der Waals surface area contributed by atoms with Crippen molar-refractivity contribution < 1.29 is 126 Å². The number of H-pyrrole nitrogens is 1. The van der Waals surface area contributed by atoms with E-state index in [0.717, 1.165) is 58.4 Å². The lowest BCUT2D eigenvalue weighted by Gasteiger charge is -2.30. The van der Waals surface area contributed by atoms with Gasteiger partial charge in [-0.25, -0.2) is 4.79 Å². The summed E-state index contributed by atoms with van der Waals surface area (Å²) in [4.78, 5) is 278. The Kier molecular flexibility index (Phi) is 39.0. The van der Waals surface area contributed by atoms with E-state index < -0.39 is 261 Å². The number of aromatic nitrogens is 1. The number of Topliss-reactive ketones (excluding diaryl/α,β-unsaturated/α-hetero) is 1. The third kappa shape index (κ3) is 32.2. The third-order valence-electron chi connectivity index (χ3n) is 18.9. The second-order valence-corrected chi connectivity index (χ2v) is 28.7. The maximum atomic E-state index is 14.9. The number of carboxylic acids is 4. The molecule has 0 radical (unpaired) electrons. The molecule has 1 saturated heterocycles. The van der Waals surface area contributed by atoms with Crippen molar-refractivity contribution >= 4 is 140 Å². The Labute approximate surface area is 691 Å². The molecular weight excluding hydrogens is 1590 g/mol. The summed E-state index contributed by atoms with van der Waals surface area (Å²) in [5.74, 6) is -30.2. The summed E-state index contributed by atoms with van der Waals surface area (Å²) in [5, 5.41) is 78.8. The van der Waals surface area contributed by atoms with Gasteiger partial charge in [-0.3, -0.25) is 91.1 Å². The number of ether oxygens (including phenoxy) is 1. The number of carboxylic acid groups (broad SMARTS) is 4. The van der Waals surface area contributed by atoms with E-state index in [-0.39, 0.29) is 30.6 Å². The van der Waals surface area contributed by atoms with Crippen molar-refractivity contribution in [2.24, 2.45) is 17.4 Å². The van der Waals surface area contributed by atoms with Crippen LogP contribution < -0.4 is 86.3 Å². The molecule has 4 aromatic rings. The van der Waals surface area contributed by atoms with Gasteiger partial charge in [0.2, 0.25) is 82.7 Å². The lowest BCUT2D eigenvalue weighted by atomic mass is 9.96. The molecule has 1 aromatic heterocycles. The number of aliphatic hydroxyl groups excluding tert-OH is 1. The molecule has 25 N–H and O–H groups in total. The van der Waals surface area contributed by atoms with Crippen LogP contribution in [0.15, 0.2) is 85.1 Å². The van der Waals surface area contributed by atoms with Crippen LogP contribution in [0.2, 0.25) is 0 Å². The van der Waals surface area contributed by atoms with Crippen LogP contribution in [0.5, 0.6) is 0 Å². The van der Waals surface area contributed by atoms with Crippen LogP contribution in [0.3, 0.4) is 0 Å². The molecule has 3 aromatic carbocycles. The molecule has 5 rings (SSSR count). The largest absolute Gasteiger partial charge is 0.481 e. The molecule has 1 fully saturated rings. The van der Waals surface area contributed by atoms with Crippen LogP contribution in [-0.4, -0.2) is 248 Å². The normalized spacial score (nSPS) is 20.9. The van der Waals surface area contributed by atoms with Gasteiger partial charge in [-0.15, -0.1) is 0 Å². The molecule has 0 unspecified atom stereocenters. The number of aliphatic hydroxyl groups is 1. The highest BCUT2D eigenvalue weighted by Crippen LogP contribution is 2.23. The smallest absolute Gasteiger partial charge is 0.329 e. The molecule has 1 aliphatic rings. The molecule has 0 saturated carbocycles. The number of hydrogen-bond donors (Lipinski definition) is 22. The first-order valence-corrected chi connectivity index (χ1v) is 38.5. The van der Waals surface area contributed by atoms with Gasteiger partial charge in [0.05, 0.1) is 51.8 Å². The van der Waals surface area contributed by atoms with E-state index in [1.807, 2.05) is 40.2 Å². The summed E-state index contributed by atoms with van der Waals surface area (Å²) in [5.41, 5.74) is 20.3. The number of fused-ring (bicyclic) bond motifs is 1. The fraction of sp³-hybridized carbons (Fsp3) is 0.462. The van der Waals surface area contributed by atoms with Gasteiger partial charge in [-0.1, -0.05) is 87.7 Å². The number of aromatic amines is 1. The number of para-hydroxylation sites is 2. The molecule has 43 nitrogen and oxygen atoms in total. The van der Waals surface area contributed by atoms with Crippen LogP contribution in [0.25, 0.3) is 16.5 Å². The minimum absolute atomic E-state index is 0.0997. The number of carbonyl (C=O) groups excluding carboxylic acids is 16. The van der Waals surface area contributed by atoms with Crippen molar-refractivity contribution in [3.05, 3.63) is 107 Å². The number of primary amides is 1. The van der Waals surface area contributed by atoms with Crippen molar-refractivity contribution in [1.29, 1.82) is 0 Å². The van der Waals surface area contributed by atoms with Crippen LogP contribution in [0.4, 0.5) is 5.69 Å². The molecule has 2 heterocycles. The summed E-state index contributed by atoms with van der Waals surface area (Å²) < 4.78 is 5.70. The summed E-state index contributed by atoms with van der Waals surface area (Å²) >= 11 is 0. The fourth-order valence-corrected chi connectivity index (χ4v) is 12.4. The maximum absolute atomic E-state index is 14.9. The van der Waals surface area contributed by atoms with Gasteiger partial charge in [0, 0.05) is 47.3 Å². The van der Waals surface area contributed by atoms with Crippen LogP contribution >= 0.6 is 0 Å². The highest BCUT2D eigenvalue weighted by Gasteiger charge is 2.41. The number of carbonyl (C=O) groups is 20. The molecule has 13 atom stereocenters. The number of nitrogens with one attached hydrogen (secondary N) is 14. The second kappa shape index (κ2) is 48.2. The number of aryl methyl sites for hydroxylation is 1. The molecule has 14 amide bonds. The Morgan fingerprint density at radius 3 is 1.74 bits per heavy atom. The van der Waals surface area contributed by atoms with E-state index in [2.05, 4.69) is 65.1 Å². The van der Waals surface area contributed by atoms with Gasteiger partial charge in [-0.05, 0) is 99.4 Å². The first kappa shape index (κ1) is 97.8. The summed E-state index contributed by atoms with van der Waals surface area (Å²) in [6.07, 6.45) is -2.23. The topological polar surface area (TPSA) is 702 Å². The Balaban J connectivity index is 1.60. The van der Waals surface area contributed by atoms with Crippen molar-refractivity contribution in [3.63, 3.8) is 0 Å². The highest BCUT2D eigenvalue weighted by atomic mass is 16.5. The number of rotatable bonds is 34. The first-order valence-electron chi connectivity index (χ1n) is 38.5. The Morgan fingerprint density at radius 1 is 0.570 bits per heavy atom. The lowest BCUT2D eigenvalue weighted by Crippen LogP contribution is -2.62. The van der Waals surface area contributed by atoms with Gasteiger partial charge in [0.1, 0.15) is 72.6 Å².